The number of benzene rings is 2. The lowest BCUT2D eigenvalue weighted by molar-refractivity contribution is -0.129. The number of ether oxygens (including phenoxy) is 1. The lowest BCUT2D eigenvalue weighted by Crippen LogP contribution is -2.53. The molecule has 0 spiro atoms. The first-order valence-corrected chi connectivity index (χ1v) is 12.9. The van der Waals surface area contributed by atoms with Crippen molar-refractivity contribution in [1.82, 2.24) is 9.62 Å². The first-order chi connectivity index (χ1) is 15.9. The van der Waals surface area contributed by atoms with E-state index in [-0.39, 0.29) is 30.0 Å². The largest absolute Gasteiger partial charge is 0.477 e. The number of carbonyl (C=O) groups is 2. The number of fused-ring (bicyclic) bond motifs is 1. The fraction of sp³-hybridized carbons (Fsp3) is 0.417. The molecule has 1 N–H and O–H groups in total. The molecule has 0 aliphatic carbocycles. The van der Waals surface area contributed by atoms with Gasteiger partial charge in [0.05, 0.1) is 18.0 Å². The van der Waals surface area contributed by atoms with E-state index in [2.05, 4.69) is 5.32 Å². The molecule has 176 valence electrons. The van der Waals surface area contributed by atoms with Crippen LogP contribution in [-0.4, -0.2) is 56.0 Å². The van der Waals surface area contributed by atoms with Crippen LogP contribution in [0.25, 0.3) is 0 Å². The van der Waals surface area contributed by atoms with E-state index < -0.39 is 16.1 Å². The van der Waals surface area contributed by atoms with Gasteiger partial charge in [-0.15, -0.1) is 0 Å². The van der Waals surface area contributed by atoms with E-state index >= 15 is 0 Å². The van der Waals surface area contributed by atoms with Crippen LogP contribution in [0.5, 0.6) is 5.75 Å². The maximum Gasteiger partial charge on any atom is 0.263 e. The summed E-state index contributed by atoms with van der Waals surface area (Å²) in [4.78, 5) is 27.9. The van der Waals surface area contributed by atoms with Crippen LogP contribution in [0.4, 0.5) is 5.69 Å². The van der Waals surface area contributed by atoms with E-state index in [4.69, 9.17) is 4.74 Å². The molecular formula is C24H29N3O5S. The normalized spacial score (nSPS) is 19.4. The first-order valence-electron chi connectivity index (χ1n) is 11.3. The molecule has 0 saturated carbocycles. The molecule has 2 aliphatic heterocycles. The minimum atomic E-state index is -3.26. The van der Waals surface area contributed by atoms with E-state index in [0.29, 0.717) is 43.9 Å². The molecule has 8 nitrogen and oxygen atoms in total. The molecule has 0 bridgehead atoms. The van der Waals surface area contributed by atoms with Crippen LogP contribution in [0.2, 0.25) is 0 Å². The summed E-state index contributed by atoms with van der Waals surface area (Å²) in [5, 5.41) is 2.89. The second kappa shape index (κ2) is 9.93. The molecule has 1 saturated heterocycles. The van der Waals surface area contributed by atoms with Crippen molar-refractivity contribution >= 4 is 27.5 Å². The number of hydrogen-bond acceptors (Lipinski definition) is 5. The third-order valence-electron chi connectivity index (χ3n) is 6.20. The zero-order valence-electron chi connectivity index (χ0n) is 18.6. The van der Waals surface area contributed by atoms with Crippen LogP contribution < -0.4 is 15.0 Å². The summed E-state index contributed by atoms with van der Waals surface area (Å²) in [6.07, 6.45) is 0.0957. The quantitative estimate of drug-likeness (QED) is 0.697. The summed E-state index contributed by atoms with van der Waals surface area (Å²) in [5.41, 5.74) is 1.61. The lowest BCUT2D eigenvalue weighted by atomic mass is 9.95. The van der Waals surface area contributed by atoms with Gasteiger partial charge in [0.1, 0.15) is 5.75 Å². The van der Waals surface area contributed by atoms with Gasteiger partial charge in [-0.2, -0.15) is 0 Å². The molecule has 2 aliphatic rings. The van der Waals surface area contributed by atoms with Gasteiger partial charge in [-0.25, -0.2) is 12.7 Å². The maximum atomic E-state index is 13.5. The number of piperidine rings is 1. The molecule has 1 atom stereocenters. The molecular weight excluding hydrogens is 442 g/mol. The third kappa shape index (κ3) is 5.20. The third-order valence-corrected chi connectivity index (χ3v) is 8.08. The molecule has 2 heterocycles. The van der Waals surface area contributed by atoms with Crippen LogP contribution >= 0.6 is 0 Å². The standard InChI is InChI=1S/C24H29N3O5S/c1-2-33(30,31)26-14-12-19(13-15-26)24(29)27-17-22(32-21-11-7-6-10-20(21)27)23(28)25-16-18-8-4-3-5-9-18/h3-11,19,22H,2,12-17H2,1H3,(H,25,28). The van der Waals surface area contributed by atoms with Crippen LogP contribution in [0.15, 0.2) is 54.6 Å². The van der Waals surface area contributed by atoms with Crippen molar-refractivity contribution in [3.05, 3.63) is 60.2 Å². The Labute approximate surface area is 194 Å². The Morgan fingerprint density at radius 3 is 2.39 bits per heavy atom. The molecule has 0 radical (unpaired) electrons. The molecule has 2 aromatic carbocycles. The van der Waals surface area contributed by atoms with E-state index in [1.807, 2.05) is 42.5 Å². The van der Waals surface area contributed by atoms with Gasteiger partial charge in [-0.1, -0.05) is 42.5 Å². The average molecular weight is 472 g/mol. The zero-order chi connectivity index (χ0) is 23.4. The number of para-hydroxylation sites is 2. The topological polar surface area (TPSA) is 96.0 Å². The predicted molar refractivity (Wildman–Crippen MR) is 125 cm³/mol. The Kier molecular flexibility index (Phi) is 6.99. The number of rotatable bonds is 6. The Morgan fingerprint density at radius 1 is 1.03 bits per heavy atom. The summed E-state index contributed by atoms with van der Waals surface area (Å²) >= 11 is 0. The van der Waals surface area contributed by atoms with Crippen molar-refractivity contribution < 1.29 is 22.7 Å². The van der Waals surface area contributed by atoms with Crippen molar-refractivity contribution in [1.29, 1.82) is 0 Å². The highest BCUT2D eigenvalue weighted by molar-refractivity contribution is 7.89. The van der Waals surface area contributed by atoms with Gasteiger partial charge >= 0.3 is 0 Å². The second-order valence-electron chi connectivity index (χ2n) is 8.30. The number of sulfonamides is 1. The lowest BCUT2D eigenvalue weighted by Gasteiger charge is -2.38. The summed E-state index contributed by atoms with van der Waals surface area (Å²) in [6, 6.07) is 16.8. The summed E-state index contributed by atoms with van der Waals surface area (Å²) in [5.74, 6) is -0.131. The number of nitrogens with zero attached hydrogens (tertiary/aromatic N) is 2. The fourth-order valence-corrected chi connectivity index (χ4v) is 5.39. The van der Waals surface area contributed by atoms with Crippen LogP contribution in [0, 0.1) is 5.92 Å². The number of anilines is 1. The average Bonchev–Trinajstić information content (AvgIpc) is 2.86. The fourth-order valence-electron chi connectivity index (χ4n) is 4.26. The summed E-state index contributed by atoms with van der Waals surface area (Å²) < 4.78 is 31.7. The van der Waals surface area contributed by atoms with Crippen LogP contribution in [0.1, 0.15) is 25.3 Å². The van der Waals surface area contributed by atoms with E-state index in [1.54, 1.807) is 24.0 Å². The highest BCUT2D eigenvalue weighted by Gasteiger charge is 2.38. The van der Waals surface area contributed by atoms with Gasteiger partial charge in [0, 0.05) is 25.6 Å². The second-order valence-corrected chi connectivity index (χ2v) is 10.6. The van der Waals surface area contributed by atoms with E-state index in [9.17, 15) is 18.0 Å². The van der Waals surface area contributed by atoms with Gasteiger partial charge in [0.2, 0.25) is 15.9 Å². The highest BCUT2D eigenvalue weighted by Crippen LogP contribution is 2.35. The molecule has 9 heteroatoms. The molecule has 2 aromatic rings. The minimum Gasteiger partial charge on any atom is -0.477 e. The van der Waals surface area contributed by atoms with Crippen molar-refractivity contribution in [3.63, 3.8) is 0 Å². The molecule has 1 unspecified atom stereocenters. The Morgan fingerprint density at radius 2 is 1.70 bits per heavy atom. The predicted octanol–water partition coefficient (Wildman–Crippen LogP) is 2.16. The Bertz CT molecular complexity index is 1100. The van der Waals surface area contributed by atoms with E-state index in [0.717, 1.165) is 5.56 Å². The van der Waals surface area contributed by atoms with Gasteiger partial charge in [0.15, 0.2) is 6.10 Å². The summed E-state index contributed by atoms with van der Waals surface area (Å²) in [7, 11) is -3.26. The smallest absolute Gasteiger partial charge is 0.263 e. The van der Waals surface area contributed by atoms with Crippen LogP contribution in [0.3, 0.4) is 0 Å². The number of hydrogen-bond donors (Lipinski definition) is 1. The number of carbonyl (C=O) groups excluding carboxylic acids is 2. The minimum absolute atomic E-state index is 0.0578. The van der Waals surface area contributed by atoms with Gasteiger partial charge in [-0.05, 0) is 37.5 Å². The van der Waals surface area contributed by atoms with Crippen LogP contribution in [-0.2, 0) is 26.2 Å². The van der Waals surface area contributed by atoms with Gasteiger partial charge in [-0.3, -0.25) is 9.59 Å². The summed E-state index contributed by atoms with van der Waals surface area (Å²) in [6.45, 7) is 2.78. The number of nitrogens with one attached hydrogen (secondary N) is 1. The molecule has 0 aromatic heterocycles. The zero-order valence-corrected chi connectivity index (χ0v) is 19.5. The van der Waals surface area contributed by atoms with Crippen molar-refractivity contribution in [2.75, 3.05) is 30.3 Å². The van der Waals surface area contributed by atoms with Gasteiger partial charge in [0.25, 0.3) is 5.91 Å². The molecule has 2 amide bonds. The number of amides is 2. The van der Waals surface area contributed by atoms with Gasteiger partial charge < -0.3 is 15.0 Å². The monoisotopic (exact) mass is 471 g/mol. The molecule has 1 fully saturated rings. The highest BCUT2D eigenvalue weighted by atomic mass is 32.2. The van der Waals surface area contributed by atoms with E-state index in [1.165, 1.54) is 4.31 Å². The molecule has 4 rings (SSSR count). The van der Waals surface area contributed by atoms with Crippen molar-refractivity contribution in [2.45, 2.75) is 32.4 Å². The maximum absolute atomic E-state index is 13.5. The first kappa shape index (κ1) is 23.3. The van der Waals surface area contributed by atoms with Crippen molar-refractivity contribution in [2.24, 2.45) is 5.92 Å². The Hall–Kier alpha value is -2.91. The molecule has 33 heavy (non-hydrogen) atoms. The SMILES string of the molecule is CCS(=O)(=O)N1CCC(C(=O)N2CC(C(=O)NCc3ccccc3)Oc3ccccc32)CC1. The van der Waals surface area contributed by atoms with Crippen molar-refractivity contribution in [3.8, 4) is 5.75 Å². The Balaban J connectivity index is 1.45.